The number of benzene rings is 1. The number of carboxylic acid groups (broad SMARTS) is 1. The lowest BCUT2D eigenvalue weighted by Crippen LogP contribution is -2.38. The number of hydrogen-bond donors (Lipinski definition) is 3. The van der Waals surface area contributed by atoms with Gasteiger partial charge in [-0.1, -0.05) is 18.2 Å². The smallest absolute Gasteiger partial charge is 0.320 e. The lowest BCUT2D eigenvalue weighted by atomic mass is 9.91. The number of H-pyrrole nitrogens is 1. The van der Waals surface area contributed by atoms with Crippen molar-refractivity contribution in [1.82, 2.24) is 10.3 Å². The van der Waals surface area contributed by atoms with Crippen LogP contribution in [0.25, 0.3) is 10.9 Å². The number of aromatic nitrogens is 1. The summed E-state index contributed by atoms with van der Waals surface area (Å²) >= 11 is 0. The summed E-state index contributed by atoms with van der Waals surface area (Å²) in [6.07, 6.45) is 3.15. The lowest BCUT2D eigenvalue weighted by Gasteiger charge is -2.25. The summed E-state index contributed by atoms with van der Waals surface area (Å²) in [7, 11) is 0. The van der Waals surface area contributed by atoms with Gasteiger partial charge in [0.05, 0.1) is 0 Å². The van der Waals surface area contributed by atoms with E-state index in [2.05, 4.69) is 22.4 Å². The minimum Gasteiger partial charge on any atom is -0.480 e. The Morgan fingerprint density at radius 3 is 3.05 bits per heavy atom. The van der Waals surface area contributed by atoms with Crippen LogP contribution in [-0.4, -0.2) is 22.1 Å². The van der Waals surface area contributed by atoms with Crippen molar-refractivity contribution < 1.29 is 9.90 Å². The van der Waals surface area contributed by atoms with Crippen LogP contribution in [0.2, 0.25) is 0 Å². The highest BCUT2D eigenvalue weighted by molar-refractivity contribution is 5.85. The molecule has 3 rings (SSSR count). The number of nitrogens with one attached hydrogen (secondary N) is 2. The number of para-hydroxylation sites is 1. The molecule has 4 nitrogen and oxygen atoms in total. The summed E-state index contributed by atoms with van der Waals surface area (Å²) < 4.78 is 0. The molecule has 2 atom stereocenters. The Labute approximate surface area is 111 Å². The maximum Gasteiger partial charge on any atom is 0.320 e. The van der Waals surface area contributed by atoms with Crippen molar-refractivity contribution >= 4 is 16.9 Å². The van der Waals surface area contributed by atoms with Crippen molar-refractivity contribution in [3.8, 4) is 0 Å². The van der Waals surface area contributed by atoms with Crippen LogP contribution in [-0.2, 0) is 11.2 Å². The van der Waals surface area contributed by atoms with Crippen LogP contribution in [0.15, 0.2) is 24.3 Å². The number of rotatable bonds is 3. The number of hydrogen-bond acceptors (Lipinski definition) is 2. The lowest BCUT2D eigenvalue weighted by molar-refractivity contribution is -0.139. The second-order valence-corrected chi connectivity index (χ2v) is 5.23. The van der Waals surface area contributed by atoms with Crippen LogP contribution >= 0.6 is 0 Å². The van der Waals surface area contributed by atoms with E-state index < -0.39 is 12.0 Å². The van der Waals surface area contributed by atoms with Crippen LogP contribution in [0.5, 0.6) is 0 Å². The molecule has 1 aromatic carbocycles. The summed E-state index contributed by atoms with van der Waals surface area (Å²) in [4.78, 5) is 14.4. The van der Waals surface area contributed by atoms with Gasteiger partial charge in [-0.15, -0.1) is 0 Å². The third kappa shape index (κ3) is 2.12. The average molecular weight is 258 g/mol. The molecular weight excluding hydrogens is 240 g/mol. The Morgan fingerprint density at radius 1 is 1.47 bits per heavy atom. The Morgan fingerprint density at radius 2 is 2.26 bits per heavy atom. The Kier molecular flexibility index (Phi) is 3.03. The summed E-state index contributed by atoms with van der Waals surface area (Å²) in [6, 6.07) is 7.86. The Balaban J connectivity index is 1.98. The molecule has 1 aromatic heterocycles. The third-order valence-corrected chi connectivity index (χ3v) is 3.94. The fourth-order valence-electron chi connectivity index (χ4n) is 2.95. The van der Waals surface area contributed by atoms with Gasteiger partial charge in [-0.25, -0.2) is 0 Å². The van der Waals surface area contributed by atoms with Crippen molar-refractivity contribution in [2.45, 2.75) is 38.3 Å². The molecule has 3 N–H and O–H groups in total. The molecule has 0 spiro atoms. The highest BCUT2D eigenvalue weighted by atomic mass is 16.4. The standard InChI is InChI=1S/C15H18N2O2/c1-9(15(18)19)16-13-8-4-6-11-10-5-2-3-7-12(10)17-14(11)13/h2-3,5,7,9,13,16-17H,4,6,8H2,1H3,(H,18,19). The Hall–Kier alpha value is -1.81. The molecule has 100 valence electrons. The second-order valence-electron chi connectivity index (χ2n) is 5.23. The van der Waals surface area contributed by atoms with E-state index in [1.807, 2.05) is 12.1 Å². The number of carbonyl (C=O) groups is 1. The van der Waals surface area contributed by atoms with E-state index in [1.165, 1.54) is 16.6 Å². The van der Waals surface area contributed by atoms with E-state index in [1.54, 1.807) is 6.92 Å². The molecule has 0 bridgehead atoms. The predicted molar refractivity (Wildman–Crippen MR) is 74.2 cm³/mol. The first-order valence-electron chi connectivity index (χ1n) is 6.75. The zero-order chi connectivity index (χ0) is 13.4. The molecular formula is C15H18N2O2. The normalized spacial score (nSPS) is 20.2. The van der Waals surface area contributed by atoms with Gasteiger partial charge < -0.3 is 10.1 Å². The van der Waals surface area contributed by atoms with E-state index in [9.17, 15) is 4.79 Å². The topological polar surface area (TPSA) is 65.1 Å². The van der Waals surface area contributed by atoms with Crippen LogP contribution in [0.4, 0.5) is 0 Å². The summed E-state index contributed by atoms with van der Waals surface area (Å²) in [5.74, 6) is -0.803. The molecule has 0 aliphatic heterocycles. The van der Waals surface area contributed by atoms with Gasteiger partial charge in [-0.05, 0) is 37.8 Å². The van der Waals surface area contributed by atoms with Gasteiger partial charge in [-0.3, -0.25) is 10.1 Å². The Bertz CT molecular complexity index is 618. The summed E-state index contributed by atoms with van der Waals surface area (Å²) in [5.41, 5.74) is 3.65. The minimum atomic E-state index is -0.803. The van der Waals surface area contributed by atoms with E-state index in [0.717, 1.165) is 24.8 Å². The highest BCUT2D eigenvalue weighted by Crippen LogP contribution is 2.34. The van der Waals surface area contributed by atoms with Crippen molar-refractivity contribution in [3.63, 3.8) is 0 Å². The number of aliphatic carboxylic acids is 1. The van der Waals surface area contributed by atoms with Crippen molar-refractivity contribution in [1.29, 1.82) is 0 Å². The van der Waals surface area contributed by atoms with Crippen LogP contribution in [0, 0.1) is 0 Å². The maximum absolute atomic E-state index is 11.0. The highest BCUT2D eigenvalue weighted by Gasteiger charge is 2.26. The zero-order valence-corrected chi connectivity index (χ0v) is 10.9. The fourth-order valence-corrected chi connectivity index (χ4v) is 2.95. The first-order valence-corrected chi connectivity index (χ1v) is 6.75. The first-order chi connectivity index (χ1) is 9.16. The second kappa shape index (κ2) is 4.70. The molecule has 0 saturated heterocycles. The van der Waals surface area contributed by atoms with E-state index in [-0.39, 0.29) is 6.04 Å². The van der Waals surface area contributed by atoms with Gasteiger partial charge in [0.2, 0.25) is 0 Å². The van der Waals surface area contributed by atoms with Gasteiger partial charge >= 0.3 is 5.97 Å². The van der Waals surface area contributed by atoms with Crippen LogP contribution in [0.1, 0.15) is 37.1 Å². The molecule has 0 amide bonds. The van der Waals surface area contributed by atoms with Gasteiger partial charge in [0.15, 0.2) is 0 Å². The minimum absolute atomic E-state index is 0.113. The van der Waals surface area contributed by atoms with Crippen LogP contribution < -0.4 is 5.32 Å². The zero-order valence-electron chi connectivity index (χ0n) is 10.9. The largest absolute Gasteiger partial charge is 0.480 e. The number of carboxylic acids is 1. The van der Waals surface area contributed by atoms with Gasteiger partial charge in [0, 0.05) is 22.6 Å². The van der Waals surface area contributed by atoms with E-state index in [4.69, 9.17) is 5.11 Å². The molecule has 1 aliphatic rings. The monoisotopic (exact) mass is 258 g/mol. The van der Waals surface area contributed by atoms with Gasteiger partial charge in [0.1, 0.15) is 6.04 Å². The molecule has 0 radical (unpaired) electrons. The van der Waals surface area contributed by atoms with Gasteiger partial charge in [0.25, 0.3) is 0 Å². The molecule has 1 heterocycles. The molecule has 1 aliphatic carbocycles. The first kappa shape index (κ1) is 12.2. The molecule has 2 aromatic rings. The average Bonchev–Trinajstić information content (AvgIpc) is 2.78. The number of fused-ring (bicyclic) bond motifs is 3. The molecule has 0 saturated carbocycles. The predicted octanol–water partition coefficient (Wildman–Crippen LogP) is 2.61. The molecule has 4 heteroatoms. The maximum atomic E-state index is 11.0. The van der Waals surface area contributed by atoms with Crippen molar-refractivity contribution in [2.24, 2.45) is 0 Å². The fraction of sp³-hybridized carbons (Fsp3) is 0.400. The van der Waals surface area contributed by atoms with Crippen LogP contribution in [0.3, 0.4) is 0 Å². The molecule has 0 fully saturated rings. The van der Waals surface area contributed by atoms with E-state index in [0.29, 0.717) is 0 Å². The van der Waals surface area contributed by atoms with Gasteiger partial charge in [-0.2, -0.15) is 0 Å². The molecule has 2 unspecified atom stereocenters. The van der Waals surface area contributed by atoms with E-state index >= 15 is 0 Å². The molecule has 19 heavy (non-hydrogen) atoms. The third-order valence-electron chi connectivity index (χ3n) is 3.94. The quantitative estimate of drug-likeness (QED) is 0.793. The number of aromatic amines is 1. The summed E-state index contributed by atoms with van der Waals surface area (Å²) in [5, 5.41) is 13.5. The number of aryl methyl sites for hydroxylation is 1. The SMILES string of the molecule is CC(NC1CCCc2c1[nH]c1ccccc21)C(=O)O. The van der Waals surface area contributed by atoms with Crippen molar-refractivity contribution in [3.05, 3.63) is 35.5 Å². The van der Waals surface area contributed by atoms with Crippen molar-refractivity contribution in [2.75, 3.05) is 0 Å². The summed E-state index contributed by atoms with van der Waals surface area (Å²) in [6.45, 7) is 1.69.